The van der Waals surface area contributed by atoms with Gasteiger partial charge in [0, 0.05) is 11.6 Å². The third-order valence-electron chi connectivity index (χ3n) is 2.66. The zero-order valence-corrected chi connectivity index (χ0v) is 11.9. The first-order chi connectivity index (χ1) is 9.70. The van der Waals surface area contributed by atoms with E-state index in [0.717, 1.165) is 5.75 Å². The van der Waals surface area contributed by atoms with Gasteiger partial charge in [0.15, 0.2) is 6.61 Å². The van der Waals surface area contributed by atoms with Crippen molar-refractivity contribution in [1.82, 2.24) is 0 Å². The summed E-state index contributed by atoms with van der Waals surface area (Å²) in [6.45, 7) is 2.44. The van der Waals surface area contributed by atoms with Crippen LogP contribution >= 0.6 is 11.6 Å². The van der Waals surface area contributed by atoms with Crippen molar-refractivity contribution in [1.29, 1.82) is 0 Å². The minimum Gasteiger partial charge on any atom is -0.494 e. The van der Waals surface area contributed by atoms with Crippen molar-refractivity contribution in [2.24, 2.45) is 0 Å². The van der Waals surface area contributed by atoms with Crippen LogP contribution in [0.25, 0.3) is 0 Å². The van der Waals surface area contributed by atoms with E-state index in [4.69, 9.17) is 21.1 Å². The number of carbonyl (C=O) groups is 1. The summed E-state index contributed by atoms with van der Waals surface area (Å²) in [7, 11) is 0. The Kier molecular flexibility index (Phi) is 5.02. The summed E-state index contributed by atoms with van der Waals surface area (Å²) in [6, 6.07) is 14.1. The molecular weight excluding hydrogens is 276 g/mol. The Balaban J connectivity index is 2.00. The van der Waals surface area contributed by atoms with Crippen molar-refractivity contribution in [3.05, 3.63) is 59.1 Å². The minimum absolute atomic E-state index is 0.0562. The second-order valence-corrected chi connectivity index (χ2v) is 4.51. The third kappa shape index (κ3) is 3.75. The second kappa shape index (κ2) is 6.96. The van der Waals surface area contributed by atoms with Gasteiger partial charge >= 0.3 is 0 Å². The van der Waals surface area contributed by atoms with Gasteiger partial charge in [0.25, 0.3) is 0 Å². The largest absolute Gasteiger partial charge is 0.494 e. The standard InChI is InChI=1S/C16H15ClO3/c1-2-19-12-6-5-7-13(10-12)20-11-16(18)14-8-3-4-9-15(14)17/h3-10H,2,11H2,1H3. The van der Waals surface area contributed by atoms with Crippen LogP contribution in [0.15, 0.2) is 48.5 Å². The Morgan fingerprint density at radius 3 is 2.45 bits per heavy atom. The maximum absolute atomic E-state index is 12.0. The first-order valence-electron chi connectivity index (χ1n) is 6.34. The summed E-state index contributed by atoms with van der Waals surface area (Å²) in [5.41, 5.74) is 0.468. The van der Waals surface area contributed by atoms with Crippen LogP contribution in [-0.2, 0) is 0 Å². The van der Waals surface area contributed by atoms with E-state index in [-0.39, 0.29) is 12.4 Å². The van der Waals surface area contributed by atoms with Gasteiger partial charge in [-0.2, -0.15) is 0 Å². The molecule has 0 spiro atoms. The average Bonchev–Trinajstić information content (AvgIpc) is 2.46. The number of ether oxygens (including phenoxy) is 2. The van der Waals surface area contributed by atoms with Crippen molar-refractivity contribution in [2.75, 3.05) is 13.2 Å². The lowest BCUT2D eigenvalue weighted by Gasteiger charge is -2.08. The van der Waals surface area contributed by atoms with E-state index in [2.05, 4.69) is 0 Å². The third-order valence-corrected chi connectivity index (χ3v) is 2.99. The number of hydrogen-bond acceptors (Lipinski definition) is 3. The molecule has 2 aromatic carbocycles. The first-order valence-corrected chi connectivity index (χ1v) is 6.72. The van der Waals surface area contributed by atoms with Crippen LogP contribution < -0.4 is 9.47 Å². The zero-order valence-electron chi connectivity index (χ0n) is 11.1. The van der Waals surface area contributed by atoms with Crippen molar-refractivity contribution in [3.63, 3.8) is 0 Å². The topological polar surface area (TPSA) is 35.5 Å². The maximum atomic E-state index is 12.0. The molecule has 0 bridgehead atoms. The van der Waals surface area contributed by atoms with Crippen LogP contribution in [0.1, 0.15) is 17.3 Å². The molecule has 0 aliphatic rings. The van der Waals surface area contributed by atoms with Gasteiger partial charge < -0.3 is 9.47 Å². The van der Waals surface area contributed by atoms with Crippen LogP contribution in [0.5, 0.6) is 11.5 Å². The fourth-order valence-electron chi connectivity index (χ4n) is 1.73. The molecule has 0 unspecified atom stereocenters. The molecule has 0 aliphatic carbocycles. The predicted octanol–water partition coefficient (Wildman–Crippen LogP) is 4.00. The van der Waals surface area contributed by atoms with Crippen LogP contribution in [0, 0.1) is 0 Å². The van der Waals surface area contributed by atoms with Crippen LogP contribution in [-0.4, -0.2) is 19.0 Å². The molecule has 3 nitrogen and oxygen atoms in total. The molecule has 0 atom stereocenters. The number of halogens is 1. The van der Waals surface area contributed by atoms with Crippen molar-refractivity contribution < 1.29 is 14.3 Å². The molecule has 0 saturated carbocycles. The normalized spacial score (nSPS) is 10.1. The van der Waals surface area contributed by atoms with Gasteiger partial charge in [0.2, 0.25) is 5.78 Å². The van der Waals surface area contributed by atoms with Gasteiger partial charge in [-0.15, -0.1) is 0 Å². The van der Waals surface area contributed by atoms with Gasteiger partial charge in [-0.3, -0.25) is 4.79 Å². The SMILES string of the molecule is CCOc1cccc(OCC(=O)c2ccccc2Cl)c1. The smallest absolute Gasteiger partial charge is 0.201 e. The zero-order chi connectivity index (χ0) is 14.4. The molecule has 0 N–H and O–H groups in total. The highest BCUT2D eigenvalue weighted by molar-refractivity contribution is 6.34. The highest BCUT2D eigenvalue weighted by atomic mass is 35.5. The van der Waals surface area contributed by atoms with Crippen molar-refractivity contribution in [2.45, 2.75) is 6.92 Å². The Morgan fingerprint density at radius 1 is 1.05 bits per heavy atom. The average molecular weight is 291 g/mol. The summed E-state index contributed by atoms with van der Waals surface area (Å²) in [5.74, 6) is 1.16. The van der Waals surface area contributed by atoms with Gasteiger partial charge in [-0.1, -0.05) is 29.8 Å². The monoisotopic (exact) mass is 290 g/mol. The van der Waals surface area contributed by atoms with E-state index < -0.39 is 0 Å². The van der Waals surface area contributed by atoms with Crippen LogP contribution in [0.3, 0.4) is 0 Å². The molecule has 2 rings (SSSR count). The molecule has 0 amide bonds. The number of Topliss-reactive ketones (excluding diaryl/α,β-unsaturated/α-hetero) is 1. The Labute approximate surface area is 123 Å². The van der Waals surface area contributed by atoms with Crippen molar-refractivity contribution >= 4 is 17.4 Å². The van der Waals surface area contributed by atoms with Gasteiger partial charge in [0.1, 0.15) is 11.5 Å². The number of rotatable bonds is 6. The molecule has 2 aromatic rings. The Morgan fingerprint density at radius 2 is 1.75 bits per heavy atom. The van der Waals surface area contributed by atoms with E-state index >= 15 is 0 Å². The Hall–Kier alpha value is -2.00. The quantitative estimate of drug-likeness (QED) is 0.754. The fraction of sp³-hybridized carbons (Fsp3) is 0.188. The molecule has 4 heteroatoms. The summed E-state index contributed by atoms with van der Waals surface area (Å²) >= 11 is 5.97. The number of ketones is 1. The summed E-state index contributed by atoms with van der Waals surface area (Å²) in [4.78, 5) is 12.0. The highest BCUT2D eigenvalue weighted by Crippen LogP contribution is 2.20. The lowest BCUT2D eigenvalue weighted by molar-refractivity contribution is 0.0921. The van der Waals surface area contributed by atoms with Gasteiger partial charge in [-0.05, 0) is 31.2 Å². The van der Waals surface area contributed by atoms with E-state index in [1.54, 1.807) is 36.4 Å². The number of benzene rings is 2. The minimum atomic E-state index is -0.155. The molecule has 0 radical (unpaired) electrons. The lowest BCUT2D eigenvalue weighted by Crippen LogP contribution is -2.12. The summed E-state index contributed by atoms with van der Waals surface area (Å²) in [6.07, 6.45) is 0. The highest BCUT2D eigenvalue weighted by Gasteiger charge is 2.10. The van der Waals surface area contributed by atoms with E-state index in [1.165, 1.54) is 0 Å². The van der Waals surface area contributed by atoms with E-state index in [0.29, 0.717) is 22.9 Å². The molecule has 0 aliphatic heterocycles. The second-order valence-electron chi connectivity index (χ2n) is 4.10. The predicted molar refractivity (Wildman–Crippen MR) is 78.9 cm³/mol. The van der Waals surface area contributed by atoms with Crippen molar-refractivity contribution in [3.8, 4) is 11.5 Å². The summed E-state index contributed by atoms with van der Waals surface area (Å²) < 4.78 is 10.8. The molecule has 0 saturated heterocycles. The molecule has 0 aromatic heterocycles. The van der Waals surface area contributed by atoms with Crippen LogP contribution in [0.2, 0.25) is 5.02 Å². The van der Waals surface area contributed by atoms with Gasteiger partial charge in [-0.25, -0.2) is 0 Å². The number of carbonyl (C=O) groups excluding carboxylic acids is 1. The fourth-order valence-corrected chi connectivity index (χ4v) is 1.98. The number of hydrogen-bond donors (Lipinski definition) is 0. The molecule has 104 valence electrons. The van der Waals surface area contributed by atoms with E-state index in [9.17, 15) is 4.79 Å². The lowest BCUT2D eigenvalue weighted by atomic mass is 10.1. The molecule has 0 fully saturated rings. The summed E-state index contributed by atoms with van der Waals surface area (Å²) in [5, 5.41) is 0.434. The molecular formula is C16H15ClO3. The molecule has 0 heterocycles. The Bertz CT molecular complexity index is 596. The molecule has 20 heavy (non-hydrogen) atoms. The maximum Gasteiger partial charge on any atom is 0.201 e. The van der Waals surface area contributed by atoms with Crippen LogP contribution in [0.4, 0.5) is 0 Å². The first kappa shape index (κ1) is 14.4. The van der Waals surface area contributed by atoms with Gasteiger partial charge in [0.05, 0.1) is 11.6 Å². The van der Waals surface area contributed by atoms with E-state index in [1.807, 2.05) is 19.1 Å².